The number of aromatic nitrogens is 1. The van der Waals surface area contributed by atoms with Crippen LogP contribution in [0.2, 0.25) is 0 Å². The minimum atomic E-state index is -0.101. The lowest BCUT2D eigenvalue weighted by Gasteiger charge is -2.08. The van der Waals surface area contributed by atoms with Crippen molar-refractivity contribution in [2.45, 2.75) is 18.9 Å². The number of aryl methyl sites for hydroxylation is 2. The fourth-order valence-corrected chi connectivity index (χ4v) is 2.98. The van der Waals surface area contributed by atoms with Crippen LogP contribution in [0.15, 0.2) is 35.9 Å². The second kappa shape index (κ2) is 7.10. The maximum absolute atomic E-state index is 11.7. The number of pyridine rings is 1. The van der Waals surface area contributed by atoms with E-state index in [0.29, 0.717) is 17.1 Å². The Labute approximate surface area is 134 Å². The molecule has 0 atom stereocenters. The number of carbonyl (C=O) groups excluding carboxylic acids is 1. The van der Waals surface area contributed by atoms with Crippen LogP contribution >= 0.6 is 11.8 Å². The highest BCUT2D eigenvalue weighted by Crippen LogP contribution is 2.27. The van der Waals surface area contributed by atoms with Gasteiger partial charge >= 0.3 is 0 Å². The van der Waals surface area contributed by atoms with Crippen molar-refractivity contribution in [3.05, 3.63) is 47.5 Å². The Bertz CT molecular complexity index is 778. The zero-order valence-corrected chi connectivity index (χ0v) is 13.5. The molecular weight excluding hydrogens is 294 g/mol. The molecule has 22 heavy (non-hydrogen) atoms. The highest BCUT2D eigenvalue weighted by Gasteiger charge is 2.11. The first-order valence-corrected chi connectivity index (χ1v) is 7.86. The third-order valence-electron chi connectivity index (χ3n) is 3.12. The average Bonchev–Trinajstić information content (AvgIpc) is 2.50. The van der Waals surface area contributed by atoms with E-state index in [1.807, 2.05) is 26.0 Å². The molecule has 0 fully saturated rings. The smallest absolute Gasteiger partial charge is 0.230 e. The number of rotatable bonds is 5. The molecule has 0 spiro atoms. The number of benzene rings is 1. The summed E-state index contributed by atoms with van der Waals surface area (Å²) in [6, 6.07) is 8.08. The van der Waals surface area contributed by atoms with E-state index in [4.69, 9.17) is 0 Å². The van der Waals surface area contributed by atoms with Gasteiger partial charge in [0.05, 0.1) is 16.8 Å². The van der Waals surface area contributed by atoms with Crippen molar-refractivity contribution >= 4 is 28.6 Å². The van der Waals surface area contributed by atoms with Crippen molar-refractivity contribution in [3.8, 4) is 6.07 Å². The van der Waals surface area contributed by atoms with Crippen molar-refractivity contribution < 1.29 is 4.79 Å². The molecule has 0 aliphatic heterocycles. The molecule has 1 N–H and O–H groups in total. The van der Waals surface area contributed by atoms with Crippen LogP contribution in [0.5, 0.6) is 0 Å². The lowest BCUT2D eigenvalue weighted by atomic mass is 10.1. The quantitative estimate of drug-likeness (QED) is 0.680. The lowest BCUT2D eigenvalue weighted by Crippen LogP contribution is -2.25. The third-order valence-corrected chi connectivity index (χ3v) is 4.11. The maximum atomic E-state index is 11.7. The Balaban J connectivity index is 2.31. The van der Waals surface area contributed by atoms with E-state index >= 15 is 0 Å². The fraction of sp³-hybridized carbons (Fsp3) is 0.235. The lowest BCUT2D eigenvalue weighted by molar-refractivity contribution is -0.118. The van der Waals surface area contributed by atoms with Crippen molar-refractivity contribution in [2.75, 3.05) is 12.3 Å². The number of hydrogen-bond donors (Lipinski definition) is 1. The zero-order chi connectivity index (χ0) is 16.1. The Hall–Kier alpha value is -2.32. The molecule has 2 rings (SSSR count). The van der Waals surface area contributed by atoms with E-state index in [-0.39, 0.29) is 11.7 Å². The number of amides is 1. The van der Waals surface area contributed by atoms with E-state index in [1.165, 1.54) is 11.8 Å². The summed E-state index contributed by atoms with van der Waals surface area (Å²) in [6.45, 7) is 8.01. The van der Waals surface area contributed by atoms with E-state index < -0.39 is 0 Å². The summed E-state index contributed by atoms with van der Waals surface area (Å²) in [7, 11) is 0. The predicted octanol–water partition coefficient (Wildman–Crippen LogP) is 3.12. The van der Waals surface area contributed by atoms with Crippen molar-refractivity contribution in [1.29, 1.82) is 5.26 Å². The molecule has 0 aliphatic carbocycles. The largest absolute Gasteiger partial charge is 0.352 e. The van der Waals surface area contributed by atoms with Gasteiger partial charge in [-0.3, -0.25) is 4.79 Å². The first-order valence-electron chi connectivity index (χ1n) is 6.87. The second-order valence-corrected chi connectivity index (χ2v) is 5.95. The molecule has 0 bridgehead atoms. The van der Waals surface area contributed by atoms with Crippen LogP contribution in [0.25, 0.3) is 10.9 Å². The molecule has 4 nitrogen and oxygen atoms in total. The van der Waals surface area contributed by atoms with Gasteiger partial charge in [-0.2, -0.15) is 5.26 Å². The Morgan fingerprint density at radius 2 is 2.23 bits per heavy atom. The van der Waals surface area contributed by atoms with Gasteiger partial charge in [0, 0.05) is 11.9 Å². The number of nitriles is 1. The molecule has 1 amide bonds. The SMILES string of the molecule is C=CCNC(=O)CSc1nc2c(C)cc(C)cc2cc1C#N. The molecule has 112 valence electrons. The van der Waals surface area contributed by atoms with E-state index in [9.17, 15) is 10.1 Å². The standard InChI is InChI=1S/C17H17N3OS/c1-4-5-19-15(21)10-22-17-14(9-18)8-13-7-11(2)6-12(3)16(13)20-17/h4,6-8H,1,5,10H2,2-3H3,(H,19,21). The minimum Gasteiger partial charge on any atom is -0.352 e. The van der Waals surface area contributed by atoms with Crippen LogP contribution < -0.4 is 5.32 Å². The molecule has 0 saturated carbocycles. The van der Waals surface area contributed by atoms with Crippen LogP contribution in [-0.2, 0) is 4.79 Å². The molecule has 5 heteroatoms. The number of hydrogen-bond acceptors (Lipinski definition) is 4. The number of nitrogens with zero attached hydrogens (tertiary/aromatic N) is 2. The summed E-state index contributed by atoms with van der Waals surface area (Å²) in [5.74, 6) is 0.127. The van der Waals surface area contributed by atoms with Gasteiger partial charge in [-0.05, 0) is 31.5 Å². The van der Waals surface area contributed by atoms with Crippen molar-refractivity contribution in [3.63, 3.8) is 0 Å². The number of fused-ring (bicyclic) bond motifs is 1. The summed E-state index contributed by atoms with van der Waals surface area (Å²) in [5.41, 5.74) is 3.58. The van der Waals surface area contributed by atoms with Gasteiger partial charge in [0.1, 0.15) is 11.1 Å². The van der Waals surface area contributed by atoms with Crippen LogP contribution in [0.1, 0.15) is 16.7 Å². The van der Waals surface area contributed by atoms with Crippen LogP contribution in [0.4, 0.5) is 0 Å². The van der Waals surface area contributed by atoms with Gasteiger partial charge in [-0.1, -0.05) is 29.5 Å². The fourth-order valence-electron chi connectivity index (χ4n) is 2.20. The highest BCUT2D eigenvalue weighted by molar-refractivity contribution is 8.00. The molecule has 1 heterocycles. The molecular formula is C17H17N3OS. The maximum Gasteiger partial charge on any atom is 0.230 e. The highest BCUT2D eigenvalue weighted by atomic mass is 32.2. The molecule has 0 unspecified atom stereocenters. The molecule has 2 aromatic rings. The summed E-state index contributed by atoms with van der Waals surface area (Å²) < 4.78 is 0. The molecule has 1 aromatic carbocycles. The predicted molar refractivity (Wildman–Crippen MR) is 89.9 cm³/mol. The number of nitrogens with one attached hydrogen (secondary N) is 1. The van der Waals surface area contributed by atoms with Crippen molar-refractivity contribution in [1.82, 2.24) is 10.3 Å². The van der Waals surface area contributed by atoms with Crippen LogP contribution in [0.3, 0.4) is 0 Å². The zero-order valence-electron chi connectivity index (χ0n) is 12.6. The third kappa shape index (κ3) is 3.66. The summed E-state index contributed by atoms with van der Waals surface area (Å²) in [4.78, 5) is 16.2. The molecule has 0 saturated heterocycles. The summed E-state index contributed by atoms with van der Waals surface area (Å²) in [5, 5.41) is 13.6. The number of carbonyl (C=O) groups is 1. The topological polar surface area (TPSA) is 65.8 Å². The first-order chi connectivity index (χ1) is 10.5. The molecule has 1 aromatic heterocycles. The van der Waals surface area contributed by atoms with E-state index in [0.717, 1.165) is 22.0 Å². The molecule has 0 radical (unpaired) electrons. The van der Waals surface area contributed by atoms with Gasteiger partial charge in [0.2, 0.25) is 5.91 Å². The van der Waals surface area contributed by atoms with Gasteiger partial charge in [-0.25, -0.2) is 4.98 Å². The minimum absolute atomic E-state index is 0.101. The van der Waals surface area contributed by atoms with Crippen molar-refractivity contribution in [2.24, 2.45) is 0 Å². The number of thioether (sulfide) groups is 1. The van der Waals surface area contributed by atoms with E-state index in [1.54, 1.807) is 6.08 Å². The summed E-state index contributed by atoms with van der Waals surface area (Å²) >= 11 is 1.28. The van der Waals surface area contributed by atoms with E-state index in [2.05, 4.69) is 29.0 Å². The Morgan fingerprint density at radius 1 is 1.45 bits per heavy atom. The second-order valence-electron chi connectivity index (χ2n) is 4.99. The first kappa shape index (κ1) is 16.1. The van der Waals surface area contributed by atoms with Crippen LogP contribution in [-0.4, -0.2) is 23.2 Å². The van der Waals surface area contributed by atoms with Gasteiger partial charge < -0.3 is 5.32 Å². The van der Waals surface area contributed by atoms with Gasteiger partial charge in [-0.15, -0.1) is 6.58 Å². The Kier molecular flexibility index (Phi) is 5.18. The molecule has 0 aliphatic rings. The monoisotopic (exact) mass is 311 g/mol. The average molecular weight is 311 g/mol. The van der Waals surface area contributed by atoms with Gasteiger partial charge in [0.15, 0.2) is 0 Å². The Morgan fingerprint density at radius 3 is 2.91 bits per heavy atom. The van der Waals surface area contributed by atoms with Crippen LogP contribution in [0, 0.1) is 25.2 Å². The van der Waals surface area contributed by atoms with Gasteiger partial charge in [0.25, 0.3) is 0 Å². The summed E-state index contributed by atoms with van der Waals surface area (Å²) in [6.07, 6.45) is 1.63. The normalized spacial score (nSPS) is 10.2.